The minimum absolute atomic E-state index is 0.0351. The van der Waals surface area contributed by atoms with Gasteiger partial charge >= 0.3 is 5.97 Å². The van der Waals surface area contributed by atoms with Gasteiger partial charge in [0.15, 0.2) is 0 Å². The maximum Gasteiger partial charge on any atom is 0.341 e. The topological polar surface area (TPSA) is 46.6 Å². The zero-order valence-electron chi connectivity index (χ0n) is 10.2. The average molecular weight is 265 g/mol. The fraction of sp³-hybridized carbons (Fsp3) is 0.385. The number of carbonyl (C=O) groups excluding carboxylic acids is 2. The van der Waals surface area contributed by atoms with Gasteiger partial charge in [0.25, 0.3) is 0 Å². The van der Waals surface area contributed by atoms with Crippen LogP contribution in [0.1, 0.15) is 23.7 Å². The predicted molar refractivity (Wildman–Crippen MR) is 70.9 cm³/mol. The normalized spacial score (nSPS) is 19.1. The molecule has 1 atom stereocenters. The third-order valence-electron chi connectivity index (χ3n) is 2.87. The highest BCUT2D eigenvalue weighted by atomic mass is 32.1. The Balaban J connectivity index is 2.24. The third kappa shape index (κ3) is 2.31. The second-order valence-corrected chi connectivity index (χ2v) is 4.96. The fourth-order valence-corrected chi connectivity index (χ4v) is 2.88. The van der Waals surface area contributed by atoms with Gasteiger partial charge < -0.3 is 9.64 Å². The van der Waals surface area contributed by atoms with E-state index in [4.69, 9.17) is 4.74 Å². The van der Waals surface area contributed by atoms with E-state index in [9.17, 15) is 9.59 Å². The highest BCUT2D eigenvalue weighted by Crippen LogP contribution is 2.33. The highest BCUT2D eigenvalue weighted by Gasteiger charge is 2.32. The van der Waals surface area contributed by atoms with Crippen molar-refractivity contribution >= 4 is 28.2 Å². The molecule has 4 nitrogen and oxygen atoms in total. The van der Waals surface area contributed by atoms with Crippen LogP contribution in [0.4, 0.5) is 5.00 Å². The summed E-state index contributed by atoms with van der Waals surface area (Å²) >= 11 is 1.39. The molecule has 1 aromatic rings. The molecule has 1 amide bonds. The predicted octanol–water partition coefficient (Wildman–Crippen LogP) is 2.46. The van der Waals surface area contributed by atoms with Gasteiger partial charge in [-0.3, -0.25) is 4.79 Å². The van der Waals surface area contributed by atoms with Crippen molar-refractivity contribution in [2.45, 2.75) is 13.3 Å². The Morgan fingerprint density at radius 1 is 1.72 bits per heavy atom. The number of carbonyl (C=O) groups is 2. The van der Waals surface area contributed by atoms with Gasteiger partial charge in [0.1, 0.15) is 5.00 Å². The standard InChI is InChI=1S/C13H15NO3S/c1-3-9-7-11(15)14(8-9)12-10(5-6-18-12)13(16)17-4-2/h3,5-6,9H,1,4,7-8H2,2H3. The summed E-state index contributed by atoms with van der Waals surface area (Å²) in [5, 5.41) is 2.48. The highest BCUT2D eigenvalue weighted by molar-refractivity contribution is 7.14. The summed E-state index contributed by atoms with van der Waals surface area (Å²) in [4.78, 5) is 25.3. The van der Waals surface area contributed by atoms with Crippen LogP contribution in [0.2, 0.25) is 0 Å². The molecule has 0 radical (unpaired) electrons. The number of hydrogen-bond acceptors (Lipinski definition) is 4. The summed E-state index contributed by atoms with van der Waals surface area (Å²) in [5.74, 6) is -0.175. The number of hydrogen-bond donors (Lipinski definition) is 0. The minimum Gasteiger partial charge on any atom is -0.462 e. The molecule has 1 fully saturated rings. The lowest BCUT2D eigenvalue weighted by molar-refractivity contribution is -0.117. The molecule has 5 heteroatoms. The van der Waals surface area contributed by atoms with Gasteiger partial charge in [-0.2, -0.15) is 0 Å². The Bertz CT molecular complexity index is 480. The first-order valence-electron chi connectivity index (χ1n) is 5.85. The van der Waals surface area contributed by atoms with Gasteiger partial charge in [0, 0.05) is 18.9 Å². The van der Waals surface area contributed by atoms with Gasteiger partial charge in [-0.05, 0) is 18.4 Å². The van der Waals surface area contributed by atoms with Crippen LogP contribution in [0, 0.1) is 5.92 Å². The van der Waals surface area contributed by atoms with Crippen LogP contribution in [0.5, 0.6) is 0 Å². The van der Waals surface area contributed by atoms with E-state index >= 15 is 0 Å². The van der Waals surface area contributed by atoms with E-state index in [1.807, 2.05) is 0 Å². The minimum atomic E-state index is -0.372. The van der Waals surface area contributed by atoms with Gasteiger partial charge in [0.05, 0.1) is 12.2 Å². The second-order valence-electron chi connectivity index (χ2n) is 4.06. The summed E-state index contributed by atoms with van der Waals surface area (Å²) < 4.78 is 4.98. The summed E-state index contributed by atoms with van der Waals surface area (Å²) in [7, 11) is 0. The van der Waals surface area contributed by atoms with E-state index in [1.165, 1.54) is 11.3 Å². The molecule has 0 N–H and O–H groups in total. The number of esters is 1. The molecule has 96 valence electrons. The number of thiophene rings is 1. The monoisotopic (exact) mass is 265 g/mol. The van der Waals surface area contributed by atoms with E-state index in [1.54, 1.807) is 29.3 Å². The van der Waals surface area contributed by atoms with Gasteiger partial charge in [-0.25, -0.2) is 4.79 Å². The van der Waals surface area contributed by atoms with Crippen molar-refractivity contribution in [2.75, 3.05) is 18.1 Å². The summed E-state index contributed by atoms with van der Waals surface area (Å²) in [6.07, 6.45) is 2.25. The van der Waals surface area contributed by atoms with Gasteiger partial charge in [-0.1, -0.05) is 6.08 Å². The molecule has 1 unspecified atom stereocenters. The maximum absolute atomic E-state index is 11.9. The number of nitrogens with zero attached hydrogens (tertiary/aromatic N) is 1. The molecule has 0 spiro atoms. The lowest BCUT2D eigenvalue weighted by Crippen LogP contribution is -2.25. The Morgan fingerprint density at radius 2 is 2.50 bits per heavy atom. The quantitative estimate of drug-likeness (QED) is 0.620. The zero-order valence-corrected chi connectivity index (χ0v) is 11.0. The van der Waals surface area contributed by atoms with Crippen molar-refractivity contribution in [3.05, 3.63) is 29.7 Å². The summed E-state index contributed by atoms with van der Waals surface area (Å²) in [5.41, 5.74) is 0.472. The number of rotatable bonds is 4. The van der Waals surface area contributed by atoms with E-state index < -0.39 is 0 Å². The van der Waals surface area contributed by atoms with E-state index in [2.05, 4.69) is 6.58 Å². The third-order valence-corrected chi connectivity index (χ3v) is 3.81. The Hall–Kier alpha value is -1.62. The van der Waals surface area contributed by atoms with Crippen LogP contribution in [-0.2, 0) is 9.53 Å². The van der Waals surface area contributed by atoms with Gasteiger partial charge in [-0.15, -0.1) is 17.9 Å². The molecule has 1 aliphatic heterocycles. The number of amides is 1. The molecular weight excluding hydrogens is 250 g/mol. The van der Waals surface area contributed by atoms with Crippen LogP contribution >= 0.6 is 11.3 Å². The lowest BCUT2D eigenvalue weighted by Gasteiger charge is -2.15. The first kappa shape index (κ1) is 12.8. The first-order chi connectivity index (χ1) is 8.67. The van der Waals surface area contributed by atoms with E-state index in [0.717, 1.165) is 0 Å². The van der Waals surface area contributed by atoms with Crippen molar-refractivity contribution in [1.29, 1.82) is 0 Å². The lowest BCUT2D eigenvalue weighted by atomic mass is 10.1. The Kier molecular flexibility index (Phi) is 3.81. The number of ether oxygens (including phenoxy) is 1. The summed E-state index contributed by atoms with van der Waals surface area (Å²) in [6.45, 7) is 6.40. The second kappa shape index (κ2) is 5.35. The molecule has 1 saturated heterocycles. The molecule has 18 heavy (non-hydrogen) atoms. The molecule has 0 aromatic carbocycles. The van der Waals surface area contributed by atoms with Gasteiger partial charge in [0.2, 0.25) is 5.91 Å². The van der Waals surface area contributed by atoms with Crippen molar-refractivity contribution in [2.24, 2.45) is 5.92 Å². The van der Waals surface area contributed by atoms with E-state index in [0.29, 0.717) is 30.1 Å². The Morgan fingerprint density at radius 3 is 3.11 bits per heavy atom. The van der Waals surface area contributed by atoms with Crippen LogP contribution in [0.3, 0.4) is 0 Å². The molecular formula is C13H15NO3S. The fourth-order valence-electron chi connectivity index (χ4n) is 1.96. The molecule has 1 aromatic heterocycles. The first-order valence-corrected chi connectivity index (χ1v) is 6.72. The zero-order chi connectivity index (χ0) is 13.1. The SMILES string of the molecule is C=CC1CC(=O)N(c2sccc2C(=O)OCC)C1. The van der Waals surface area contributed by atoms with Crippen molar-refractivity contribution < 1.29 is 14.3 Å². The molecule has 1 aliphatic rings. The van der Waals surface area contributed by atoms with Crippen LogP contribution in [0.25, 0.3) is 0 Å². The number of anilines is 1. The molecule has 0 bridgehead atoms. The van der Waals surface area contributed by atoms with Crippen LogP contribution < -0.4 is 4.90 Å². The van der Waals surface area contributed by atoms with Crippen LogP contribution in [0.15, 0.2) is 24.1 Å². The molecule has 2 rings (SSSR count). The summed E-state index contributed by atoms with van der Waals surface area (Å²) in [6, 6.07) is 1.70. The maximum atomic E-state index is 11.9. The average Bonchev–Trinajstić information content (AvgIpc) is 2.94. The van der Waals surface area contributed by atoms with Crippen LogP contribution in [-0.4, -0.2) is 25.0 Å². The largest absolute Gasteiger partial charge is 0.462 e. The molecule has 0 aliphatic carbocycles. The smallest absolute Gasteiger partial charge is 0.341 e. The molecule has 2 heterocycles. The Labute approximate surface area is 110 Å². The van der Waals surface area contributed by atoms with Crippen molar-refractivity contribution in [1.82, 2.24) is 0 Å². The van der Waals surface area contributed by atoms with Crippen molar-refractivity contribution in [3.8, 4) is 0 Å². The molecule has 0 saturated carbocycles. The van der Waals surface area contributed by atoms with E-state index in [-0.39, 0.29) is 17.8 Å². The van der Waals surface area contributed by atoms with Crippen molar-refractivity contribution in [3.63, 3.8) is 0 Å².